The maximum Gasteiger partial charge on any atom is 0.337 e. The van der Waals surface area contributed by atoms with Crippen LogP contribution in [0.1, 0.15) is 20.7 Å². The molecule has 6 heteroatoms. The number of carboxylic acid groups (broad SMARTS) is 2. The molecular formula is C11H9NO5. The van der Waals surface area contributed by atoms with Crippen LogP contribution in [-0.2, 0) is 4.79 Å². The molecule has 1 aromatic carbocycles. The highest BCUT2D eigenvalue weighted by Crippen LogP contribution is 2.18. The summed E-state index contributed by atoms with van der Waals surface area (Å²) in [6, 6.07) is 3.34. The zero-order valence-corrected chi connectivity index (χ0v) is 8.64. The second-order valence-electron chi connectivity index (χ2n) is 3.06. The van der Waals surface area contributed by atoms with Crippen molar-refractivity contribution in [2.24, 2.45) is 0 Å². The Labute approximate surface area is 96.2 Å². The topological polar surface area (TPSA) is 104 Å². The van der Waals surface area contributed by atoms with Crippen LogP contribution in [0, 0.1) is 0 Å². The van der Waals surface area contributed by atoms with Crippen molar-refractivity contribution in [2.75, 3.05) is 5.32 Å². The van der Waals surface area contributed by atoms with E-state index >= 15 is 0 Å². The Bertz CT molecular complexity index is 507. The average Bonchev–Trinajstić information content (AvgIpc) is 2.28. The first-order chi connectivity index (χ1) is 7.95. The fourth-order valence-electron chi connectivity index (χ4n) is 1.15. The number of carbonyl (C=O) groups is 3. The molecule has 0 aliphatic rings. The molecule has 17 heavy (non-hydrogen) atoms. The van der Waals surface area contributed by atoms with E-state index in [0.29, 0.717) is 0 Å². The molecule has 0 saturated heterocycles. The number of benzene rings is 1. The van der Waals surface area contributed by atoms with Gasteiger partial charge in [-0.1, -0.05) is 6.58 Å². The van der Waals surface area contributed by atoms with Crippen molar-refractivity contribution >= 4 is 23.5 Å². The zero-order chi connectivity index (χ0) is 13.0. The van der Waals surface area contributed by atoms with E-state index in [9.17, 15) is 14.4 Å². The number of carbonyl (C=O) groups excluding carboxylic acids is 1. The van der Waals surface area contributed by atoms with Crippen molar-refractivity contribution in [2.45, 2.75) is 0 Å². The van der Waals surface area contributed by atoms with Gasteiger partial charge >= 0.3 is 11.9 Å². The van der Waals surface area contributed by atoms with Crippen molar-refractivity contribution in [1.29, 1.82) is 0 Å². The number of amides is 1. The predicted octanol–water partition coefficient (Wildman–Crippen LogP) is 1.21. The van der Waals surface area contributed by atoms with E-state index in [0.717, 1.165) is 24.3 Å². The van der Waals surface area contributed by atoms with Crippen LogP contribution in [0.4, 0.5) is 5.69 Å². The van der Waals surface area contributed by atoms with E-state index in [4.69, 9.17) is 10.2 Å². The van der Waals surface area contributed by atoms with Crippen LogP contribution in [-0.4, -0.2) is 28.1 Å². The first-order valence-corrected chi connectivity index (χ1v) is 4.49. The lowest BCUT2D eigenvalue weighted by Gasteiger charge is -2.07. The van der Waals surface area contributed by atoms with Gasteiger partial charge in [-0.3, -0.25) is 4.79 Å². The van der Waals surface area contributed by atoms with Crippen LogP contribution in [0.3, 0.4) is 0 Å². The van der Waals surface area contributed by atoms with E-state index in [-0.39, 0.29) is 16.8 Å². The lowest BCUT2D eigenvalue weighted by Crippen LogP contribution is -2.13. The summed E-state index contributed by atoms with van der Waals surface area (Å²) in [5.74, 6) is -3.09. The number of carboxylic acids is 2. The third-order valence-corrected chi connectivity index (χ3v) is 1.94. The maximum absolute atomic E-state index is 11.1. The van der Waals surface area contributed by atoms with Gasteiger partial charge in [-0.15, -0.1) is 0 Å². The third kappa shape index (κ3) is 2.91. The van der Waals surface area contributed by atoms with Crippen molar-refractivity contribution in [3.63, 3.8) is 0 Å². The van der Waals surface area contributed by atoms with Gasteiger partial charge in [-0.25, -0.2) is 9.59 Å². The number of rotatable bonds is 4. The highest BCUT2D eigenvalue weighted by Gasteiger charge is 2.14. The van der Waals surface area contributed by atoms with Gasteiger partial charge < -0.3 is 15.5 Å². The number of aromatic carboxylic acids is 2. The smallest absolute Gasteiger partial charge is 0.337 e. The molecule has 0 aliphatic carbocycles. The van der Waals surface area contributed by atoms with Crippen LogP contribution < -0.4 is 5.32 Å². The first kappa shape index (κ1) is 12.4. The Morgan fingerprint density at radius 2 is 1.82 bits per heavy atom. The minimum atomic E-state index is -1.26. The van der Waals surface area contributed by atoms with Crippen molar-refractivity contribution in [1.82, 2.24) is 0 Å². The minimum Gasteiger partial charge on any atom is -0.478 e. The van der Waals surface area contributed by atoms with Gasteiger partial charge in [-0.05, 0) is 24.3 Å². The molecule has 0 atom stereocenters. The summed E-state index contributed by atoms with van der Waals surface area (Å²) in [5, 5.41) is 19.8. The zero-order valence-electron chi connectivity index (χ0n) is 8.64. The highest BCUT2D eigenvalue weighted by molar-refractivity contribution is 6.05. The molecule has 0 radical (unpaired) electrons. The molecule has 0 saturated carbocycles. The van der Waals surface area contributed by atoms with E-state index in [1.807, 2.05) is 0 Å². The van der Waals surface area contributed by atoms with E-state index in [2.05, 4.69) is 11.9 Å². The molecule has 0 aromatic heterocycles. The Morgan fingerprint density at radius 1 is 1.18 bits per heavy atom. The third-order valence-electron chi connectivity index (χ3n) is 1.94. The monoisotopic (exact) mass is 235 g/mol. The number of hydrogen-bond acceptors (Lipinski definition) is 3. The summed E-state index contributed by atoms with van der Waals surface area (Å²) >= 11 is 0. The molecule has 0 aliphatic heterocycles. The van der Waals surface area contributed by atoms with Gasteiger partial charge in [0.15, 0.2) is 0 Å². The van der Waals surface area contributed by atoms with Crippen molar-refractivity contribution in [3.05, 3.63) is 42.0 Å². The number of anilines is 1. The van der Waals surface area contributed by atoms with Gasteiger partial charge in [0, 0.05) is 0 Å². The molecule has 0 heterocycles. The highest BCUT2D eigenvalue weighted by atomic mass is 16.4. The Kier molecular flexibility index (Phi) is 3.61. The Morgan fingerprint density at radius 3 is 2.29 bits per heavy atom. The predicted molar refractivity (Wildman–Crippen MR) is 59.2 cm³/mol. The van der Waals surface area contributed by atoms with Crippen LogP contribution in [0.5, 0.6) is 0 Å². The molecule has 0 spiro atoms. The van der Waals surface area contributed by atoms with Gasteiger partial charge in [-0.2, -0.15) is 0 Å². The molecule has 0 unspecified atom stereocenters. The fraction of sp³-hybridized carbons (Fsp3) is 0. The Hall–Kier alpha value is -2.63. The van der Waals surface area contributed by atoms with Gasteiger partial charge in [0.2, 0.25) is 5.91 Å². The fourth-order valence-corrected chi connectivity index (χ4v) is 1.15. The molecule has 88 valence electrons. The summed E-state index contributed by atoms with van der Waals surface area (Å²) in [7, 11) is 0. The normalized spacial score (nSPS) is 9.41. The maximum atomic E-state index is 11.1. The standard InChI is InChI=1S/C11H9NO5/c1-2-9(13)12-8-5-6(10(14)15)3-4-7(8)11(16)17/h2-5H,1H2,(H,12,13)(H,14,15)(H,16,17). The Balaban J connectivity index is 3.24. The number of nitrogens with one attached hydrogen (secondary N) is 1. The second kappa shape index (κ2) is 4.93. The lowest BCUT2D eigenvalue weighted by atomic mass is 10.1. The minimum absolute atomic E-state index is 0.0812. The quantitative estimate of drug-likeness (QED) is 0.680. The van der Waals surface area contributed by atoms with Crippen LogP contribution >= 0.6 is 0 Å². The first-order valence-electron chi connectivity index (χ1n) is 4.49. The van der Waals surface area contributed by atoms with Crippen molar-refractivity contribution in [3.8, 4) is 0 Å². The van der Waals surface area contributed by atoms with Gasteiger partial charge in [0.25, 0.3) is 0 Å². The summed E-state index contributed by atoms with van der Waals surface area (Å²) in [6.07, 6.45) is 0.957. The van der Waals surface area contributed by atoms with Crippen molar-refractivity contribution < 1.29 is 24.6 Å². The molecule has 3 N–H and O–H groups in total. The van der Waals surface area contributed by atoms with E-state index in [1.165, 1.54) is 0 Å². The summed E-state index contributed by atoms with van der Waals surface area (Å²) in [4.78, 5) is 32.6. The molecule has 6 nitrogen and oxygen atoms in total. The second-order valence-corrected chi connectivity index (χ2v) is 3.06. The number of hydrogen-bond donors (Lipinski definition) is 3. The van der Waals surface area contributed by atoms with Crippen LogP contribution in [0.15, 0.2) is 30.9 Å². The summed E-state index contributed by atoms with van der Waals surface area (Å²) < 4.78 is 0. The summed E-state index contributed by atoms with van der Waals surface area (Å²) in [6.45, 7) is 3.21. The largest absolute Gasteiger partial charge is 0.478 e. The molecule has 0 bridgehead atoms. The molecule has 1 rings (SSSR count). The van der Waals surface area contributed by atoms with Crippen LogP contribution in [0.2, 0.25) is 0 Å². The lowest BCUT2D eigenvalue weighted by molar-refractivity contribution is -0.111. The molecule has 1 aromatic rings. The van der Waals surface area contributed by atoms with Crippen LogP contribution in [0.25, 0.3) is 0 Å². The molecule has 1 amide bonds. The average molecular weight is 235 g/mol. The summed E-state index contributed by atoms with van der Waals surface area (Å²) in [5.41, 5.74) is -0.387. The van der Waals surface area contributed by atoms with Gasteiger partial charge in [0.05, 0.1) is 16.8 Å². The SMILES string of the molecule is C=CC(=O)Nc1cc(C(=O)O)ccc1C(=O)O. The van der Waals surface area contributed by atoms with Gasteiger partial charge in [0.1, 0.15) is 0 Å². The molecule has 0 fully saturated rings. The molecular weight excluding hydrogens is 226 g/mol. The van der Waals surface area contributed by atoms with E-state index in [1.54, 1.807) is 0 Å². The van der Waals surface area contributed by atoms with E-state index < -0.39 is 17.8 Å².